The van der Waals surface area contributed by atoms with Gasteiger partial charge in [-0.25, -0.2) is 0 Å². The first-order valence-corrected chi connectivity index (χ1v) is 9.03. The number of aromatic nitrogens is 2. The maximum absolute atomic E-state index is 5.98. The zero-order valence-corrected chi connectivity index (χ0v) is 13.6. The lowest BCUT2D eigenvalue weighted by molar-refractivity contribution is 0.298. The highest BCUT2D eigenvalue weighted by molar-refractivity contribution is 5.19. The Hall–Kier alpha value is -0.940. The van der Waals surface area contributed by atoms with Gasteiger partial charge in [0.2, 0.25) is 5.89 Å². The Morgan fingerprint density at radius 1 is 1.27 bits per heavy atom. The van der Waals surface area contributed by atoms with Crippen LogP contribution in [0.25, 0.3) is 0 Å². The zero-order valence-electron chi connectivity index (χ0n) is 13.6. The van der Waals surface area contributed by atoms with Gasteiger partial charge in [0, 0.05) is 30.0 Å². The number of nitrogens with one attached hydrogen (secondary N) is 1. The molecule has 0 radical (unpaired) electrons. The van der Waals surface area contributed by atoms with E-state index in [-0.39, 0.29) is 5.41 Å². The second-order valence-corrected chi connectivity index (χ2v) is 7.74. The summed E-state index contributed by atoms with van der Waals surface area (Å²) in [6, 6.07) is 1.09. The van der Waals surface area contributed by atoms with Gasteiger partial charge in [0.1, 0.15) is 0 Å². The Morgan fingerprint density at radius 2 is 2.05 bits per heavy atom. The summed E-state index contributed by atoms with van der Waals surface area (Å²) in [5.41, 5.74) is 6.14. The molecule has 0 aliphatic heterocycles. The molecule has 0 saturated heterocycles. The normalized spacial score (nSPS) is 36.3. The van der Waals surface area contributed by atoms with Crippen LogP contribution < -0.4 is 11.1 Å². The average Bonchev–Trinajstić information content (AvgIpc) is 3.44. The summed E-state index contributed by atoms with van der Waals surface area (Å²) in [6.07, 6.45) is 9.36. The Bertz CT molecular complexity index is 516. The van der Waals surface area contributed by atoms with Crippen LogP contribution in [0.3, 0.4) is 0 Å². The molecule has 0 unspecified atom stereocenters. The number of nitrogens with zero attached hydrogens (tertiary/aromatic N) is 2. The first kappa shape index (κ1) is 14.6. The molecule has 2 atom stereocenters. The molecule has 0 amide bonds. The summed E-state index contributed by atoms with van der Waals surface area (Å²) in [7, 11) is 0. The second kappa shape index (κ2) is 5.60. The first-order valence-electron chi connectivity index (χ1n) is 9.03. The standard InChI is InChI=1S/C17H28N4O/c1-2-11-9-14(11)19-10-17(7-8-17)16-20-15(22-21-16)12-3-5-13(18)6-4-12/h11-14,19H,2-10,18H2,1H3/t11-,12?,13?,14-/m1/s1. The van der Waals surface area contributed by atoms with Crippen LogP contribution in [-0.2, 0) is 5.41 Å². The van der Waals surface area contributed by atoms with E-state index in [0.29, 0.717) is 12.0 Å². The van der Waals surface area contributed by atoms with Gasteiger partial charge in [0.25, 0.3) is 0 Å². The molecule has 122 valence electrons. The molecule has 22 heavy (non-hydrogen) atoms. The topological polar surface area (TPSA) is 77.0 Å². The summed E-state index contributed by atoms with van der Waals surface area (Å²) in [4.78, 5) is 4.77. The van der Waals surface area contributed by atoms with Crippen molar-refractivity contribution in [2.45, 2.75) is 81.7 Å². The van der Waals surface area contributed by atoms with Crippen LogP contribution in [0.2, 0.25) is 0 Å². The molecule has 3 saturated carbocycles. The molecule has 1 aromatic rings. The van der Waals surface area contributed by atoms with Crippen molar-refractivity contribution in [2.75, 3.05) is 6.54 Å². The van der Waals surface area contributed by atoms with Gasteiger partial charge in [-0.05, 0) is 50.9 Å². The minimum absolute atomic E-state index is 0.160. The molecule has 1 heterocycles. The molecule has 4 rings (SSSR count). The summed E-state index contributed by atoms with van der Waals surface area (Å²) in [6.45, 7) is 3.30. The van der Waals surface area contributed by atoms with E-state index in [4.69, 9.17) is 15.2 Å². The average molecular weight is 304 g/mol. The van der Waals surface area contributed by atoms with Crippen molar-refractivity contribution < 1.29 is 4.52 Å². The van der Waals surface area contributed by atoms with Crippen molar-refractivity contribution in [2.24, 2.45) is 11.7 Å². The third kappa shape index (κ3) is 2.81. The molecule has 0 bridgehead atoms. The van der Waals surface area contributed by atoms with Gasteiger partial charge in [-0.15, -0.1) is 0 Å². The number of nitrogens with two attached hydrogens (primary N) is 1. The maximum atomic E-state index is 5.98. The quantitative estimate of drug-likeness (QED) is 0.844. The highest BCUT2D eigenvalue weighted by Gasteiger charge is 2.50. The van der Waals surface area contributed by atoms with E-state index in [1.54, 1.807) is 0 Å². The fourth-order valence-corrected chi connectivity index (χ4v) is 3.89. The third-order valence-corrected chi connectivity index (χ3v) is 6.04. The molecular formula is C17H28N4O. The van der Waals surface area contributed by atoms with Crippen molar-refractivity contribution in [1.82, 2.24) is 15.5 Å². The van der Waals surface area contributed by atoms with E-state index in [2.05, 4.69) is 17.4 Å². The van der Waals surface area contributed by atoms with E-state index in [0.717, 1.165) is 55.9 Å². The van der Waals surface area contributed by atoms with E-state index >= 15 is 0 Å². The highest BCUT2D eigenvalue weighted by atomic mass is 16.5. The number of hydrogen-bond donors (Lipinski definition) is 2. The lowest BCUT2D eigenvalue weighted by atomic mass is 9.86. The summed E-state index contributed by atoms with van der Waals surface area (Å²) in [5, 5.41) is 8.04. The van der Waals surface area contributed by atoms with E-state index in [9.17, 15) is 0 Å². The SMILES string of the molecule is CC[C@@H]1C[C@H]1NCC1(c2noc(C3CCC(N)CC3)n2)CC1. The fourth-order valence-electron chi connectivity index (χ4n) is 3.89. The summed E-state index contributed by atoms with van der Waals surface area (Å²) in [5.74, 6) is 3.12. The van der Waals surface area contributed by atoms with Gasteiger partial charge in [-0.2, -0.15) is 4.98 Å². The van der Waals surface area contributed by atoms with Crippen molar-refractivity contribution >= 4 is 0 Å². The van der Waals surface area contributed by atoms with Crippen molar-refractivity contribution in [3.05, 3.63) is 11.7 Å². The summed E-state index contributed by atoms with van der Waals surface area (Å²) < 4.78 is 5.60. The Morgan fingerprint density at radius 3 is 2.68 bits per heavy atom. The lowest BCUT2D eigenvalue weighted by Gasteiger charge is -2.23. The van der Waals surface area contributed by atoms with Gasteiger partial charge < -0.3 is 15.6 Å². The Balaban J connectivity index is 1.36. The van der Waals surface area contributed by atoms with Crippen LogP contribution in [-0.4, -0.2) is 28.8 Å². The number of hydrogen-bond acceptors (Lipinski definition) is 5. The minimum Gasteiger partial charge on any atom is -0.339 e. The fraction of sp³-hybridized carbons (Fsp3) is 0.882. The molecule has 3 aliphatic carbocycles. The van der Waals surface area contributed by atoms with Gasteiger partial charge in [-0.1, -0.05) is 18.5 Å². The van der Waals surface area contributed by atoms with Crippen molar-refractivity contribution in [1.29, 1.82) is 0 Å². The van der Waals surface area contributed by atoms with E-state index in [1.165, 1.54) is 25.7 Å². The van der Waals surface area contributed by atoms with Crippen LogP contribution in [0.1, 0.15) is 75.9 Å². The predicted octanol–water partition coefficient (Wildman–Crippen LogP) is 2.47. The van der Waals surface area contributed by atoms with Crippen molar-refractivity contribution in [3.8, 4) is 0 Å². The molecule has 0 aromatic carbocycles. The molecule has 3 fully saturated rings. The second-order valence-electron chi connectivity index (χ2n) is 7.74. The molecule has 1 aromatic heterocycles. The molecule has 0 spiro atoms. The van der Waals surface area contributed by atoms with Crippen molar-refractivity contribution in [3.63, 3.8) is 0 Å². The van der Waals surface area contributed by atoms with Crippen LogP contribution in [0.15, 0.2) is 4.52 Å². The van der Waals surface area contributed by atoms with Crippen LogP contribution in [0.5, 0.6) is 0 Å². The van der Waals surface area contributed by atoms with E-state index in [1.807, 2.05) is 0 Å². The largest absolute Gasteiger partial charge is 0.339 e. The molecule has 5 heteroatoms. The Labute approximate surface area is 132 Å². The van der Waals surface area contributed by atoms with Gasteiger partial charge >= 0.3 is 0 Å². The van der Waals surface area contributed by atoms with Crippen LogP contribution in [0.4, 0.5) is 0 Å². The van der Waals surface area contributed by atoms with Gasteiger partial charge in [0.15, 0.2) is 5.82 Å². The van der Waals surface area contributed by atoms with E-state index < -0.39 is 0 Å². The molecule has 5 nitrogen and oxygen atoms in total. The Kier molecular flexibility index (Phi) is 3.73. The van der Waals surface area contributed by atoms with Crippen LogP contribution in [0, 0.1) is 5.92 Å². The molecular weight excluding hydrogens is 276 g/mol. The van der Waals surface area contributed by atoms with Gasteiger partial charge in [0.05, 0.1) is 0 Å². The highest BCUT2D eigenvalue weighted by Crippen LogP contribution is 2.47. The first-order chi connectivity index (χ1) is 10.7. The third-order valence-electron chi connectivity index (χ3n) is 6.04. The zero-order chi connectivity index (χ0) is 15.2. The minimum atomic E-state index is 0.160. The smallest absolute Gasteiger partial charge is 0.229 e. The monoisotopic (exact) mass is 304 g/mol. The molecule has 3 N–H and O–H groups in total. The predicted molar refractivity (Wildman–Crippen MR) is 84.6 cm³/mol. The lowest BCUT2D eigenvalue weighted by Crippen LogP contribution is -2.30. The van der Waals surface area contributed by atoms with Gasteiger partial charge in [-0.3, -0.25) is 0 Å². The maximum Gasteiger partial charge on any atom is 0.229 e. The van der Waals surface area contributed by atoms with Crippen LogP contribution >= 0.6 is 0 Å². The summed E-state index contributed by atoms with van der Waals surface area (Å²) >= 11 is 0. The number of rotatable bonds is 6. The molecule has 3 aliphatic rings.